The zero-order valence-electron chi connectivity index (χ0n) is 11.6. The van der Waals surface area contributed by atoms with Gasteiger partial charge in [-0.3, -0.25) is 4.57 Å². The van der Waals surface area contributed by atoms with Crippen LogP contribution >= 0.6 is 0 Å². The van der Waals surface area contributed by atoms with Crippen LogP contribution in [0, 0.1) is 5.92 Å². The van der Waals surface area contributed by atoms with E-state index in [1.165, 1.54) is 4.57 Å². The second kappa shape index (κ2) is 5.30. The van der Waals surface area contributed by atoms with Gasteiger partial charge in [0.25, 0.3) is 0 Å². The first-order valence-corrected chi connectivity index (χ1v) is 6.50. The average Bonchev–Trinajstić information content (AvgIpc) is 2.75. The number of hydrogen-bond acceptors (Lipinski definition) is 5. The molecule has 0 spiro atoms. The molecule has 106 valence electrons. The summed E-state index contributed by atoms with van der Waals surface area (Å²) in [6.45, 7) is 4.73. The molecule has 0 unspecified atom stereocenters. The second-order valence-corrected chi connectivity index (χ2v) is 5.31. The summed E-state index contributed by atoms with van der Waals surface area (Å²) >= 11 is 0. The second-order valence-electron chi connectivity index (χ2n) is 5.31. The minimum absolute atomic E-state index is 0.228. The van der Waals surface area contributed by atoms with Gasteiger partial charge < -0.3 is 15.2 Å². The zero-order valence-corrected chi connectivity index (χ0v) is 11.6. The summed E-state index contributed by atoms with van der Waals surface area (Å²) < 4.78 is 12.9. The highest BCUT2D eigenvalue weighted by Gasteiger charge is 2.43. The van der Waals surface area contributed by atoms with Crippen molar-refractivity contribution in [1.82, 2.24) is 9.55 Å². The molecule has 6 heteroatoms. The number of rotatable bonds is 4. The smallest absolute Gasteiger partial charge is 0.351 e. The van der Waals surface area contributed by atoms with Crippen LogP contribution in [0.15, 0.2) is 17.1 Å². The lowest BCUT2D eigenvalue weighted by molar-refractivity contribution is -0.130. The molecule has 0 aromatic carbocycles. The van der Waals surface area contributed by atoms with E-state index in [9.17, 15) is 4.79 Å². The van der Waals surface area contributed by atoms with Crippen molar-refractivity contribution in [2.24, 2.45) is 5.92 Å². The van der Waals surface area contributed by atoms with Crippen LogP contribution in [0.3, 0.4) is 0 Å². The number of nitrogens with zero attached hydrogens (tertiary/aromatic N) is 2. The number of anilines is 1. The first-order valence-electron chi connectivity index (χ1n) is 6.50. The van der Waals surface area contributed by atoms with E-state index in [0.717, 1.165) is 12.8 Å². The molecule has 2 N–H and O–H groups in total. The maximum Gasteiger partial charge on any atom is 0.351 e. The van der Waals surface area contributed by atoms with Gasteiger partial charge in [-0.2, -0.15) is 4.98 Å². The molecule has 6 nitrogen and oxygen atoms in total. The molecule has 0 aliphatic carbocycles. The van der Waals surface area contributed by atoms with Crippen molar-refractivity contribution in [1.29, 1.82) is 0 Å². The molecule has 2 heterocycles. The van der Waals surface area contributed by atoms with Gasteiger partial charge in [-0.15, -0.1) is 0 Å². The van der Waals surface area contributed by atoms with Crippen LogP contribution in [0.5, 0.6) is 0 Å². The Morgan fingerprint density at radius 1 is 1.68 bits per heavy atom. The molecule has 1 saturated heterocycles. The molecule has 1 aromatic rings. The van der Waals surface area contributed by atoms with E-state index in [-0.39, 0.29) is 23.3 Å². The third kappa shape index (κ3) is 2.64. The van der Waals surface area contributed by atoms with Gasteiger partial charge in [0.1, 0.15) is 12.0 Å². The fraction of sp³-hybridized carbons (Fsp3) is 0.692. The standard InChI is InChI=1S/C13H21N3O3/c1-9(2)13(8-18-3)6-4-11(19-13)16-7-5-10(14)15-12(16)17/h5,7,9,11H,4,6,8H2,1-3H3,(H2,14,15,17)/t11-,13+/m1/s1. The molecular formula is C13H21N3O3. The quantitative estimate of drug-likeness (QED) is 0.886. The molecular weight excluding hydrogens is 246 g/mol. The predicted octanol–water partition coefficient (Wildman–Crippen LogP) is 1.18. The Kier molecular flexibility index (Phi) is 3.91. The van der Waals surface area contributed by atoms with E-state index < -0.39 is 0 Å². The van der Waals surface area contributed by atoms with Gasteiger partial charge in [-0.05, 0) is 24.8 Å². The Morgan fingerprint density at radius 3 is 3.00 bits per heavy atom. The van der Waals surface area contributed by atoms with Crippen molar-refractivity contribution in [2.75, 3.05) is 19.5 Å². The van der Waals surface area contributed by atoms with Gasteiger partial charge in [0.05, 0.1) is 12.2 Å². The number of nitrogen functional groups attached to an aromatic ring is 1. The third-order valence-corrected chi connectivity index (χ3v) is 3.79. The monoisotopic (exact) mass is 267 g/mol. The first-order chi connectivity index (χ1) is 8.98. The van der Waals surface area contributed by atoms with Crippen molar-refractivity contribution < 1.29 is 9.47 Å². The van der Waals surface area contributed by atoms with Crippen LogP contribution < -0.4 is 11.4 Å². The highest BCUT2D eigenvalue weighted by molar-refractivity contribution is 5.23. The molecule has 0 radical (unpaired) electrons. The van der Waals surface area contributed by atoms with Crippen molar-refractivity contribution in [3.05, 3.63) is 22.7 Å². The van der Waals surface area contributed by atoms with E-state index in [0.29, 0.717) is 12.5 Å². The van der Waals surface area contributed by atoms with Crippen molar-refractivity contribution >= 4 is 5.82 Å². The number of ether oxygens (including phenoxy) is 2. The summed E-state index contributed by atoms with van der Waals surface area (Å²) in [5, 5.41) is 0. The van der Waals surface area contributed by atoms with Crippen molar-refractivity contribution in [3.8, 4) is 0 Å². The van der Waals surface area contributed by atoms with Gasteiger partial charge in [-0.1, -0.05) is 13.8 Å². The number of methoxy groups -OCH3 is 1. The summed E-state index contributed by atoms with van der Waals surface area (Å²) in [6, 6.07) is 1.61. The fourth-order valence-electron chi connectivity index (χ4n) is 2.54. The van der Waals surface area contributed by atoms with Gasteiger partial charge in [-0.25, -0.2) is 4.79 Å². The minimum Gasteiger partial charge on any atom is -0.383 e. The van der Waals surface area contributed by atoms with E-state index in [2.05, 4.69) is 18.8 Å². The molecule has 19 heavy (non-hydrogen) atoms. The molecule has 0 bridgehead atoms. The van der Waals surface area contributed by atoms with E-state index in [4.69, 9.17) is 15.2 Å². The van der Waals surface area contributed by atoms with Gasteiger partial charge >= 0.3 is 5.69 Å². The van der Waals surface area contributed by atoms with Crippen LogP contribution in [0.1, 0.15) is 32.9 Å². The molecule has 1 aliphatic rings. The maximum absolute atomic E-state index is 11.8. The summed E-state index contributed by atoms with van der Waals surface area (Å²) in [6.07, 6.45) is 2.98. The van der Waals surface area contributed by atoms with Crippen LogP contribution in [0.4, 0.5) is 5.82 Å². The van der Waals surface area contributed by atoms with Gasteiger partial charge in [0.15, 0.2) is 0 Å². The Hall–Kier alpha value is -1.40. The lowest BCUT2D eigenvalue weighted by Gasteiger charge is -2.32. The molecule has 2 rings (SSSR count). The van der Waals surface area contributed by atoms with Crippen LogP contribution in [-0.2, 0) is 9.47 Å². The predicted molar refractivity (Wildman–Crippen MR) is 71.7 cm³/mol. The van der Waals surface area contributed by atoms with Gasteiger partial charge in [0, 0.05) is 13.3 Å². The van der Waals surface area contributed by atoms with Crippen LogP contribution in [0.25, 0.3) is 0 Å². The summed E-state index contributed by atoms with van der Waals surface area (Å²) in [5.74, 6) is 0.543. The highest BCUT2D eigenvalue weighted by Crippen LogP contribution is 2.40. The summed E-state index contributed by atoms with van der Waals surface area (Å²) in [7, 11) is 1.66. The molecule has 1 aromatic heterocycles. The van der Waals surface area contributed by atoms with Crippen LogP contribution in [-0.4, -0.2) is 28.9 Å². The SMILES string of the molecule is COC[C@]1(C(C)C)CC[C@H](n2ccc(N)nc2=O)O1. The van der Waals surface area contributed by atoms with Crippen molar-refractivity contribution in [3.63, 3.8) is 0 Å². The molecule has 0 amide bonds. The van der Waals surface area contributed by atoms with E-state index in [1.807, 2.05) is 0 Å². The van der Waals surface area contributed by atoms with E-state index >= 15 is 0 Å². The Morgan fingerprint density at radius 2 is 2.42 bits per heavy atom. The molecule has 1 fully saturated rings. The normalized spacial score (nSPS) is 27.1. The average molecular weight is 267 g/mol. The first kappa shape index (κ1) is 14.0. The molecule has 0 saturated carbocycles. The topological polar surface area (TPSA) is 79.4 Å². The molecule has 2 atom stereocenters. The summed E-state index contributed by atoms with van der Waals surface area (Å²) in [5.41, 5.74) is 4.78. The third-order valence-electron chi connectivity index (χ3n) is 3.79. The number of aromatic nitrogens is 2. The number of nitrogens with two attached hydrogens (primary N) is 1. The van der Waals surface area contributed by atoms with Gasteiger partial charge in [0.2, 0.25) is 0 Å². The fourth-order valence-corrected chi connectivity index (χ4v) is 2.54. The largest absolute Gasteiger partial charge is 0.383 e. The summed E-state index contributed by atoms with van der Waals surface area (Å²) in [4.78, 5) is 15.6. The highest BCUT2D eigenvalue weighted by atomic mass is 16.6. The lowest BCUT2D eigenvalue weighted by atomic mass is 9.88. The Labute approximate surface area is 112 Å². The van der Waals surface area contributed by atoms with E-state index in [1.54, 1.807) is 19.4 Å². The lowest BCUT2D eigenvalue weighted by Crippen LogP contribution is -2.40. The maximum atomic E-state index is 11.8. The Bertz CT molecular complexity index is 500. The minimum atomic E-state index is -0.373. The number of hydrogen-bond donors (Lipinski definition) is 1. The Balaban J connectivity index is 2.23. The van der Waals surface area contributed by atoms with Crippen LogP contribution in [0.2, 0.25) is 0 Å². The van der Waals surface area contributed by atoms with Crippen molar-refractivity contribution in [2.45, 2.75) is 38.5 Å². The zero-order chi connectivity index (χ0) is 14.0. The molecule has 1 aliphatic heterocycles.